The Kier molecular flexibility index (Phi) is 8.82. The molecule has 2 N–H and O–H groups in total. The lowest BCUT2D eigenvalue weighted by Crippen LogP contribution is -2.15. The van der Waals surface area contributed by atoms with Gasteiger partial charge in [-0.25, -0.2) is 9.78 Å². The molecule has 0 aliphatic carbocycles. The Morgan fingerprint density at radius 2 is 1.81 bits per heavy atom. The van der Waals surface area contributed by atoms with Crippen LogP contribution in [0, 0.1) is 0 Å². The van der Waals surface area contributed by atoms with Gasteiger partial charge in [-0.05, 0) is 23.8 Å². The van der Waals surface area contributed by atoms with Crippen LogP contribution in [0.15, 0.2) is 42.0 Å². The molecular weight excluding hydrogens is 465 g/mol. The van der Waals surface area contributed by atoms with Crippen LogP contribution >= 0.6 is 34.5 Å². The number of H-pyrrole nitrogens is 1. The Bertz CT molecular complexity index is 1050. The summed E-state index contributed by atoms with van der Waals surface area (Å²) in [7, 11) is 3.06. The highest BCUT2D eigenvalue weighted by molar-refractivity contribution is 7.12. The van der Waals surface area contributed by atoms with Gasteiger partial charge in [-0.1, -0.05) is 29.3 Å². The zero-order chi connectivity index (χ0) is 21.7. The van der Waals surface area contributed by atoms with Crippen molar-refractivity contribution in [1.82, 2.24) is 0 Å². The number of hydrogen-bond donors (Lipinski definition) is 0. The zero-order valence-corrected chi connectivity index (χ0v) is 18.9. The normalized spacial score (nSPS) is 11.2. The molecule has 3 rings (SSSR count). The quantitative estimate of drug-likeness (QED) is 0.340. The van der Waals surface area contributed by atoms with Crippen molar-refractivity contribution in [3.63, 3.8) is 0 Å². The molecule has 0 unspecified atom stereocenters. The maximum atomic E-state index is 12.7. The number of halogens is 2. The topological polar surface area (TPSA) is 106 Å². The lowest BCUT2D eigenvalue weighted by atomic mass is 10.0. The number of nitrogens with one attached hydrogen (secondary N) is 1. The van der Waals surface area contributed by atoms with E-state index in [2.05, 4.69) is 4.98 Å². The van der Waals surface area contributed by atoms with Gasteiger partial charge in [-0.15, -0.1) is 11.3 Å². The molecule has 3 aromatic rings. The van der Waals surface area contributed by atoms with E-state index in [1.807, 2.05) is 0 Å². The number of benzene rings is 1. The fraction of sp³-hybridized carbons (Fsp3) is 0.190. The van der Waals surface area contributed by atoms with E-state index >= 15 is 0 Å². The summed E-state index contributed by atoms with van der Waals surface area (Å²) in [5.41, 5.74) is 1.72. The highest BCUT2D eigenvalue weighted by Crippen LogP contribution is 2.35. The van der Waals surface area contributed by atoms with Crippen molar-refractivity contribution in [2.75, 3.05) is 14.2 Å². The smallest absolute Gasteiger partial charge is 0.348 e. The molecule has 1 aromatic carbocycles. The summed E-state index contributed by atoms with van der Waals surface area (Å²) in [6, 6.07) is 6.73. The molecule has 0 radical (unpaired) electrons. The van der Waals surface area contributed by atoms with Crippen LogP contribution in [0.1, 0.15) is 37.3 Å². The number of esters is 1. The van der Waals surface area contributed by atoms with Crippen molar-refractivity contribution < 1.29 is 34.3 Å². The van der Waals surface area contributed by atoms with Gasteiger partial charge in [0.15, 0.2) is 30.2 Å². The minimum Gasteiger partial charge on any atom is -0.870 e. The first-order chi connectivity index (χ1) is 14.5. The minimum atomic E-state index is -0.712. The number of rotatable bonds is 8. The third-order valence-electron chi connectivity index (χ3n) is 4.37. The highest BCUT2D eigenvalue weighted by atomic mass is 35.5. The van der Waals surface area contributed by atoms with Crippen LogP contribution in [0.3, 0.4) is 0 Å². The number of aromatic nitrogens is 1. The first kappa shape index (κ1) is 24.6. The molecule has 0 saturated heterocycles. The Balaban J connectivity index is 0.00000341. The fourth-order valence-corrected chi connectivity index (χ4v) is 4.11. The van der Waals surface area contributed by atoms with Gasteiger partial charge in [-0.2, -0.15) is 0 Å². The Hall–Kier alpha value is -2.65. The third kappa shape index (κ3) is 5.74. The molecule has 0 spiro atoms. The molecule has 2 aromatic heterocycles. The van der Waals surface area contributed by atoms with Crippen LogP contribution in [0.4, 0.5) is 0 Å². The van der Waals surface area contributed by atoms with Gasteiger partial charge in [0.05, 0.1) is 14.2 Å². The first-order valence-corrected chi connectivity index (χ1v) is 10.4. The SMILES string of the molecule is COc1ccc([C@H](Cc2c(Cl)c[nH+]cc2Cl)OC(=O)c2cc(C=O)cs2)cc1OC.[OH-]. The molecule has 0 saturated carbocycles. The van der Waals surface area contributed by atoms with E-state index < -0.39 is 12.1 Å². The summed E-state index contributed by atoms with van der Waals surface area (Å²) in [4.78, 5) is 26.8. The predicted molar refractivity (Wildman–Crippen MR) is 116 cm³/mol. The number of aldehydes is 1. The molecule has 1 atom stereocenters. The number of carbonyl (C=O) groups is 2. The second-order valence-corrected chi connectivity index (χ2v) is 7.93. The number of hydrogen-bond acceptors (Lipinski definition) is 7. The maximum absolute atomic E-state index is 12.7. The third-order valence-corrected chi connectivity index (χ3v) is 5.97. The Labute approximate surface area is 192 Å². The maximum Gasteiger partial charge on any atom is 0.348 e. The number of carbonyl (C=O) groups excluding carboxylic acids is 2. The molecule has 0 bridgehead atoms. The van der Waals surface area contributed by atoms with Crippen molar-refractivity contribution in [1.29, 1.82) is 0 Å². The molecule has 2 heterocycles. The predicted octanol–water partition coefficient (Wildman–Crippen LogP) is 4.66. The van der Waals surface area contributed by atoms with Crippen LogP contribution in [0.2, 0.25) is 10.0 Å². The van der Waals surface area contributed by atoms with E-state index in [0.717, 1.165) is 11.3 Å². The van der Waals surface area contributed by atoms with Crippen LogP contribution in [0.5, 0.6) is 11.5 Å². The van der Waals surface area contributed by atoms with Gasteiger partial charge in [0, 0.05) is 22.9 Å². The average molecular weight is 484 g/mol. The Morgan fingerprint density at radius 1 is 1.13 bits per heavy atom. The van der Waals surface area contributed by atoms with Crippen molar-refractivity contribution in [3.8, 4) is 11.5 Å². The van der Waals surface area contributed by atoms with Crippen molar-refractivity contribution >= 4 is 46.8 Å². The van der Waals surface area contributed by atoms with Crippen LogP contribution in [-0.2, 0) is 11.2 Å². The average Bonchev–Trinajstić information content (AvgIpc) is 3.24. The molecule has 7 nitrogen and oxygen atoms in total. The molecule has 0 amide bonds. The summed E-state index contributed by atoms with van der Waals surface area (Å²) in [6.45, 7) is 0. The van der Waals surface area contributed by atoms with E-state index in [1.54, 1.807) is 36.0 Å². The lowest BCUT2D eigenvalue weighted by molar-refractivity contribution is -0.377. The second-order valence-electron chi connectivity index (χ2n) is 6.20. The van der Waals surface area contributed by atoms with Gasteiger partial charge < -0.3 is 19.7 Å². The second kappa shape index (κ2) is 11.1. The summed E-state index contributed by atoms with van der Waals surface area (Å²) in [5, 5.41) is 2.43. The van der Waals surface area contributed by atoms with E-state index in [9.17, 15) is 9.59 Å². The summed E-state index contributed by atoms with van der Waals surface area (Å²) < 4.78 is 16.5. The monoisotopic (exact) mass is 483 g/mol. The minimum absolute atomic E-state index is 0. The molecule has 31 heavy (non-hydrogen) atoms. The van der Waals surface area contributed by atoms with Gasteiger partial charge in [0.25, 0.3) is 0 Å². The van der Waals surface area contributed by atoms with Crippen LogP contribution in [-0.4, -0.2) is 32.0 Å². The molecule has 0 aliphatic heterocycles. The summed E-state index contributed by atoms with van der Waals surface area (Å²) in [5.74, 6) is 0.488. The number of thiophene rings is 1. The Morgan fingerprint density at radius 3 is 2.39 bits per heavy atom. The zero-order valence-electron chi connectivity index (χ0n) is 16.6. The van der Waals surface area contributed by atoms with Gasteiger partial charge in [-0.3, -0.25) is 4.79 Å². The van der Waals surface area contributed by atoms with E-state index in [1.165, 1.54) is 20.3 Å². The van der Waals surface area contributed by atoms with Crippen molar-refractivity contribution in [2.24, 2.45) is 0 Å². The van der Waals surface area contributed by atoms with Crippen LogP contribution < -0.4 is 14.5 Å². The van der Waals surface area contributed by atoms with Gasteiger partial charge in [0.2, 0.25) is 0 Å². The number of methoxy groups -OCH3 is 2. The molecule has 10 heteroatoms. The van der Waals surface area contributed by atoms with Crippen LogP contribution in [0.25, 0.3) is 0 Å². The first-order valence-electron chi connectivity index (χ1n) is 8.77. The lowest BCUT2D eigenvalue weighted by Gasteiger charge is -2.20. The molecule has 164 valence electrons. The largest absolute Gasteiger partial charge is 0.870 e. The number of ether oxygens (including phenoxy) is 3. The molecular formula is C21H19Cl2NO6S. The number of aromatic amines is 1. The van der Waals surface area contributed by atoms with Gasteiger partial charge >= 0.3 is 5.97 Å². The van der Waals surface area contributed by atoms with Crippen molar-refractivity contribution in [2.45, 2.75) is 12.5 Å². The summed E-state index contributed by atoms with van der Waals surface area (Å²) >= 11 is 13.7. The van der Waals surface area contributed by atoms with Crippen molar-refractivity contribution in [3.05, 3.63) is 73.7 Å². The number of pyridine rings is 1. The van der Waals surface area contributed by atoms with E-state index in [-0.39, 0.29) is 11.9 Å². The standard InChI is InChI=1S/C21H17Cl2NO5S.H2O/c1-27-17-4-3-13(6-19(17)28-2)18(7-14-15(22)8-24-9-16(14)23)29-21(26)20-5-12(10-25)11-30-20;/h3-6,8-11,18H,7H2,1-2H3;1H2/t18-;/m0./s1. The fourth-order valence-electron chi connectivity index (χ4n) is 2.84. The highest BCUT2D eigenvalue weighted by Gasteiger charge is 2.24. The van der Waals surface area contributed by atoms with E-state index in [0.29, 0.717) is 49.4 Å². The molecule has 0 fully saturated rings. The van der Waals surface area contributed by atoms with Gasteiger partial charge in [0.1, 0.15) is 21.0 Å². The summed E-state index contributed by atoms with van der Waals surface area (Å²) in [6.07, 6.45) is 3.41. The molecule has 0 aliphatic rings. The van der Waals surface area contributed by atoms with E-state index in [4.69, 9.17) is 37.4 Å².